The Hall–Kier alpha value is -1.55. The van der Waals surface area contributed by atoms with Crippen molar-refractivity contribution in [2.24, 2.45) is 17.1 Å². The van der Waals surface area contributed by atoms with Crippen LogP contribution < -0.4 is 15.8 Å². The van der Waals surface area contributed by atoms with Gasteiger partial charge in [0, 0.05) is 13.1 Å². The summed E-state index contributed by atoms with van der Waals surface area (Å²) < 4.78 is 5.14. The Labute approximate surface area is 114 Å². The smallest absolute Gasteiger partial charge is 0.222 e. The molecule has 1 heterocycles. The molecule has 104 valence electrons. The largest absolute Gasteiger partial charge is 0.497 e. The van der Waals surface area contributed by atoms with E-state index >= 15 is 0 Å². The van der Waals surface area contributed by atoms with E-state index in [1.54, 1.807) is 7.11 Å². The van der Waals surface area contributed by atoms with E-state index in [-0.39, 0.29) is 17.2 Å². The normalized spacial score (nSPS) is 26.3. The SMILES string of the molecule is COc1ccc(CCC2(C)CNCC2C(N)=O)cc1. The molecule has 4 nitrogen and oxygen atoms in total. The first-order valence-corrected chi connectivity index (χ1v) is 6.68. The lowest BCUT2D eigenvalue weighted by molar-refractivity contribution is -0.124. The van der Waals surface area contributed by atoms with Crippen LogP contribution in [0.25, 0.3) is 0 Å². The molecular weight excluding hydrogens is 240 g/mol. The summed E-state index contributed by atoms with van der Waals surface area (Å²) in [4.78, 5) is 11.5. The third-order valence-corrected chi connectivity index (χ3v) is 4.21. The summed E-state index contributed by atoms with van der Waals surface area (Å²) in [7, 11) is 1.66. The van der Waals surface area contributed by atoms with Crippen LogP contribution in [0.4, 0.5) is 0 Å². The Balaban J connectivity index is 1.98. The molecule has 0 saturated carbocycles. The zero-order chi connectivity index (χ0) is 13.9. The second-order valence-electron chi connectivity index (χ2n) is 5.59. The van der Waals surface area contributed by atoms with Crippen LogP contribution in [0, 0.1) is 11.3 Å². The monoisotopic (exact) mass is 262 g/mol. The molecule has 1 aliphatic heterocycles. The molecule has 2 atom stereocenters. The van der Waals surface area contributed by atoms with Gasteiger partial charge in [-0.05, 0) is 36.0 Å². The summed E-state index contributed by atoms with van der Waals surface area (Å²) in [6, 6.07) is 8.08. The van der Waals surface area contributed by atoms with E-state index in [1.807, 2.05) is 12.1 Å². The van der Waals surface area contributed by atoms with Gasteiger partial charge in [0.2, 0.25) is 5.91 Å². The molecular formula is C15H22N2O2. The maximum Gasteiger partial charge on any atom is 0.222 e. The van der Waals surface area contributed by atoms with Gasteiger partial charge in [0.15, 0.2) is 0 Å². The summed E-state index contributed by atoms with van der Waals surface area (Å²) in [5, 5.41) is 3.28. The van der Waals surface area contributed by atoms with Gasteiger partial charge in [-0.1, -0.05) is 19.1 Å². The number of ether oxygens (including phenoxy) is 1. The van der Waals surface area contributed by atoms with Crippen molar-refractivity contribution in [2.75, 3.05) is 20.2 Å². The van der Waals surface area contributed by atoms with E-state index in [0.29, 0.717) is 6.54 Å². The van der Waals surface area contributed by atoms with Crippen molar-refractivity contribution in [3.05, 3.63) is 29.8 Å². The number of primary amides is 1. The van der Waals surface area contributed by atoms with E-state index < -0.39 is 0 Å². The summed E-state index contributed by atoms with van der Waals surface area (Å²) in [5.74, 6) is 0.612. The Morgan fingerprint density at radius 3 is 2.74 bits per heavy atom. The van der Waals surface area contributed by atoms with Crippen molar-refractivity contribution in [1.82, 2.24) is 5.32 Å². The van der Waals surface area contributed by atoms with Crippen molar-refractivity contribution in [3.63, 3.8) is 0 Å². The molecule has 1 aromatic rings. The molecule has 1 aromatic carbocycles. The number of nitrogens with one attached hydrogen (secondary N) is 1. The lowest BCUT2D eigenvalue weighted by Gasteiger charge is -2.28. The number of carbonyl (C=O) groups excluding carboxylic acids is 1. The van der Waals surface area contributed by atoms with Gasteiger partial charge < -0.3 is 15.8 Å². The summed E-state index contributed by atoms with van der Waals surface area (Å²) in [6.45, 7) is 3.71. The van der Waals surface area contributed by atoms with Crippen LogP contribution in [-0.4, -0.2) is 26.1 Å². The average molecular weight is 262 g/mol. The van der Waals surface area contributed by atoms with Crippen LogP contribution in [0.1, 0.15) is 18.9 Å². The van der Waals surface area contributed by atoms with E-state index in [9.17, 15) is 4.79 Å². The number of rotatable bonds is 5. The second kappa shape index (κ2) is 5.61. The fourth-order valence-corrected chi connectivity index (χ4v) is 2.80. The highest BCUT2D eigenvalue weighted by Gasteiger charge is 2.41. The molecule has 0 aromatic heterocycles. The zero-order valence-corrected chi connectivity index (χ0v) is 11.6. The maximum absolute atomic E-state index is 11.5. The molecule has 1 fully saturated rings. The molecule has 19 heavy (non-hydrogen) atoms. The van der Waals surface area contributed by atoms with Crippen LogP contribution in [0.3, 0.4) is 0 Å². The number of amides is 1. The molecule has 2 rings (SSSR count). The lowest BCUT2D eigenvalue weighted by Crippen LogP contribution is -2.36. The molecule has 0 aliphatic carbocycles. The molecule has 0 bridgehead atoms. The van der Waals surface area contributed by atoms with E-state index in [2.05, 4.69) is 24.4 Å². The van der Waals surface area contributed by atoms with Crippen molar-refractivity contribution in [1.29, 1.82) is 0 Å². The van der Waals surface area contributed by atoms with E-state index in [4.69, 9.17) is 10.5 Å². The van der Waals surface area contributed by atoms with E-state index in [0.717, 1.165) is 25.1 Å². The zero-order valence-electron chi connectivity index (χ0n) is 11.6. The van der Waals surface area contributed by atoms with Crippen molar-refractivity contribution in [3.8, 4) is 5.75 Å². The Kier molecular flexibility index (Phi) is 4.10. The van der Waals surface area contributed by atoms with Gasteiger partial charge in [-0.25, -0.2) is 0 Å². The fourth-order valence-electron chi connectivity index (χ4n) is 2.80. The lowest BCUT2D eigenvalue weighted by atomic mass is 9.75. The summed E-state index contributed by atoms with van der Waals surface area (Å²) in [6.07, 6.45) is 1.91. The standard InChI is InChI=1S/C15H22N2O2/c1-15(10-17-9-13(15)14(16)18)8-7-11-3-5-12(19-2)6-4-11/h3-6,13,17H,7-10H2,1-2H3,(H2,16,18). The third kappa shape index (κ3) is 3.07. The highest BCUT2D eigenvalue weighted by Crippen LogP contribution is 2.35. The molecule has 1 aliphatic rings. The van der Waals surface area contributed by atoms with Gasteiger partial charge in [-0.15, -0.1) is 0 Å². The van der Waals surface area contributed by atoms with E-state index in [1.165, 1.54) is 5.56 Å². The number of carbonyl (C=O) groups is 1. The van der Waals surface area contributed by atoms with Crippen molar-refractivity contribution >= 4 is 5.91 Å². The average Bonchev–Trinajstić information content (AvgIpc) is 2.80. The van der Waals surface area contributed by atoms with Gasteiger partial charge in [0.05, 0.1) is 13.0 Å². The number of aryl methyl sites for hydroxylation is 1. The number of nitrogens with two attached hydrogens (primary N) is 1. The van der Waals surface area contributed by atoms with Gasteiger partial charge in [-0.2, -0.15) is 0 Å². The third-order valence-electron chi connectivity index (χ3n) is 4.21. The number of hydrogen-bond donors (Lipinski definition) is 2. The Morgan fingerprint density at radius 1 is 1.47 bits per heavy atom. The molecule has 0 radical (unpaired) electrons. The van der Waals surface area contributed by atoms with Gasteiger partial charge in [0.25, 0.3) is 0 Å². The minimum atomic E-state index is -0.192. The second-order valence-corrected chi connectivity index (χ2v) is 5.59. The molecule has 2 unspecified atom stereocenters. The molecule has 0 spiro atoms. The molecule has 1 saturated heterocycles. The molecule has 3 N–H and O–H groups in total. The summed E-state index contributed by atoms with van der Waals surface area (Å²) in [5.41, 5.74) is 6.71. The van der Waals surface area contributed by atoms with Crippen LogP contribution >= 0.6 is 0 Å². The minimum Gasteiger partial charge on any atom is -0.497 e. The predicted molar refractivity (Wildman–Crippen MR) is 75.0 cm³/mol. The first-order valence-electron chi connectivity index (χ1n) is 6.68. The van der Waals surface area contributed by atoms with Gasteiger partial charge in [-0.3, -0.25) is 4.79 Å². The van der Waals surface area contributed by atoms with Crippen molar-refractivity contribution in [2.45, 2.75) is 19.8 Å². The van der Waals surface area contributed by atoms with Crippen molar-refractivity contribution < 1.29 is 9.53 Å². The Bertz CT molecular complexity index is 444. The number of benzene rings is 1. The number of methoxy groups -OCH3 is 1. The van der Waals surface area contributed by atoms with Crippen LogP contribution in [0.5, 0.6) is 5.75 Å². The first-order chi connectivity index (χ1) is 9.05. The highest BCUT2D eigenvalue weighted by atomic mass is 16.5. The topological polar surface area (TPSA) is 64.3 Å². The van der Waals surface area contributed by atoms with Gasteiger partial charge >= 0.3 is 0 Å². The highest BCUT2D eigenvalue weighted by molar-refractivity contribution is 5.78. The van der Waals surface area contributed by atoms with Gasteiger partial charge in [0.1, 0.15) is 5.75 Å². The summed E-state index contributed by atoms with van der Waals surface area (Å²) >= 11 is 0. The maximum atomic E-state index is 11.5. The molecule has 1 amide bonds. The van der Waals surface area contributed by atoms with Crippen LogP contribution in [0.15, 0.2) is 24.3 Å². The minimum absolute atomic E-state index is 0.0360. The molecule has 4 heteroatoms. The Morgan fingerprint density at radius 2 is 2.16 bits per heavy atom. The number of hydrogen-bond acceptors (Lipinski definition) is 3. The first kappa shape index (κ1) is 13.9. The van der Waals surface area contributed by atoms with Crippen LogP contribution in [-0.2, 0) is 11.2 Å². The fraction of sp³-hybridized carbons (Fsp3) is 0.533. The predicted octanol–water partition coefficient (Wildman–Crippen LogP) is 1.34. The van der Waals surface area contributed by atoms with Crippen LogP contribution in [0.2, 0.25) is 0 Å². The quantitative estimate of drug-likeness (QED) is 0.841.